The van der Waals surface area contributed by atoms with Crippen molar-refractivity contribution in [3.63, 3.8) is 0 Å². The molecule has 2 aliphatic rings. The number of aromatic nitrogens is 1. The van der Waals surface area contributed by atoms with E-state index >= 15 is 0 Å². The number of rotatable bonds is 4. The quantitative estimate of drug-likeness (QED) is 0.743. The van der Waals surface area contributed by atoms with Gasteiger partial charge in [0.25, 0.3) is 6.02 Å². The van der Waals surface area contributed by atoms with E-state index in [4.69, 9.17) is 24.9 Å². The minimum atomic E-state index is -0.690. The average molecular weight is 387 g/mol. The van der Waals surface area contributed by atoms with Gasteiger partial charge < -0.3 is 19.9 Å². The molecule has 0 radical (unpaired) electrons. The summed E-state index contributed by atoms with van der Waals surface area (Å²) in [5, 5.41) is 0. The topological polar surface area (TPSA) is 79.0 Å². The molecule has 0 bridgehead atoms. The minimum absolute atomic E-state index is 0.204. The Kier molecular flexibility index (Phi) is 4.12. The number of nitrogens with two attached hydrogens (primary N) is 1. The number of benzene rings is 2. The van der Waals surface area contributed by atoms with E-state index in [0.717, 1.165) is 34.4 Å². The lowest BCUT2D eigenvalue weighted by molar-refractivity contribution is 0.278. The molecule has 0 spiro atoms. The molecular formula is C23H21N3O3. The Bertz CT molecular complexity index is 1110. The summed E-state index contributed by atoms with van der Waals surface area (Å²) in [5.74, 6) is 1.66. The normalized spacial score (nSPS) is 19.8. The molecule has 2 aliphatic heterocycles. The van der Waals surface area contributed by atoms with E-state index in [1.54, 1.807) is 13.3 Å². The number of hydrogen-bond donors (Lipinski definition) is 1. The molecule has 1 unspecified atom stereocenters. The van der Waals surface area contributed by atoms with Gasteiger partial charge in [0.1, 0.15) is 18.1 Å². The zero-order valence-electron chi connectivity index (χ0n) is 16.1. The van der Waals surface area contributed by atoms with Gasteiger partial charge in [-0.1, -0.05) is 24.3 Å². The first-order valence-electron chi connectivity index (χ1n) is 9.52. The van der Waals surface area contributed by atoms with Gasteiger partial charge in [0, 0.05) is 18.2 Å². The maximum Gasteiger partial charge on any atom is 0.283 e. The number of amidine groups is 1. The number of pyridine rings is 1. The molecule has 0 aliphatic carbocycles. The number of ether oxygens (including phenoxy) is 3. The number of hydrogen-bond acceptors (Lipinski definition) is 6. The van der Waals surface area contributed by atoms with Gasteiger partial charge in [-0.3, -0.25) is 4.98 Å². The van der Waals surface area contributed by atoms with E-state index in [1.807, 2.05) is 30.5 Å². The summed E-state index contributed by atoms with van der Waals surface area (Å²) in [5.41, 5.74) is 10.5. The van der Waals surface area contributed by atoms with Crippen LogP contribution in [-0.2, 0) is 16.7 Å². The Morgan fingerprint density at radius 1 is 1.00 bits per heavy atom. The van der Waals surface area contributed by atoms with Crippen LogP contribution in [0.2, 0.25) is 0 Å². The van der Waals surface area contributed by atoms with Crippen LogP contribution in [0.3, 0.4) is 0 Å². The molecule has 0 amide bonds. The highest BCUT2D eigenvalue weighted by Crippen LogP contribution is 2.41. The molecule has 3 heterocycles. The molecule has 1 atom stereocenters. The maximum absolute atomic E-state index is 5.96. The fraction of sp³-hybridized carbons (Fsp3) is 0.217. The fourth-order valence-corrected chi connectivity index (χ4v) is 3.98. The van der Waals surface area contributed by atoms with Crippen LogP contribution in [0.5, 0.6) is 11.5 Å². The van der Waals surface area contributed by atoms with Gasteiger partial charge in [-0.15, -0.1) is 0 Å². The molecule has 1 aromatic heterocycles. The SMILES string of the molecule is COc1cncc(-c2cccc(C3(c4ccc5c(c4)CCO5)COC(N)=N3)c2)c1. The van der Waals surface area contributed by atoms with Gasteiger partial charge in [0.2, 0.25) is 0 Å². The van der Waals surface area contributed by atoms with Gasteiger partial charge in [0.15, 0.2) is 5.54 Å². The number of aliphatic imine (C=N–C) groups is 1. The Morgan fingerprint density at radius 3 is 2.72 bits per heavy atom. The zero-order valence-corrected chi connectivity index (χ0v) is 16.1. The molecule has 146 valence electrons. The van der Waals surface area contributed by atoms with Gasteiger partial charge >= 0.3 is 0 Å². The first-order chi connectivity index (χ1) is 14.2. The van der Waals surface area contributed by atoms with E-state index in [0.29, 0.717) is 19.0 Å². The Hall–Kier alpha value is -3.54. The highest BCUT2D eigenvalue weighted by molar-refractivity contribution is 5.76. The first kappa shape index (κ1) is 17.6. The summed E-state index contributed by atoms with van der Waals surface area (Å²) in [4.78, 5) is 9.02. The molecule has 29 heavy (non-hydrogen) atoms. The summed E-state index contributed by atoms with van der Waals surface area (Å²) in [6.45, 7) is 1.07. The largest absolute Gasteiger partial charge is 0.495 e. The van der Waals surface area contributed by atoms with Crippen molar-refractivity contribution in [3.05, 3.63) is 77.6 Å². The van der Waals surface area contributed by atoms with Crippen molar-refractivity contribution in [2.24, 2.45) is 10.7 Å². The fourth-order valence-electron chi connectivity index (χ4n) is 3.98. The molecule has 0 fully saturated rings. The summed E-state index contributed by atoms with van der Waals surface area (Å²) >= 11 is 0. The predicted octanol–water partition coefficient (Wildman–Crippen LogP) is 3.28. The molecule has 3 aromatic rings. The Morgan fingerprint density at radius 2 is 1.90 bits per heavy atom. The lowest BCUT2D eigenvalue weighted by Crippen LogP contribution is -2.27. The van der Waals surface area contributed by atoms with Crippen molar-refractivity contribution in [3.8, 4) is 22.6 Å². The molecule has 2 aromatic carbocycles. The van der Waals surface area contributed by atoms with Crippen LogP contribution >= 0.6 is 0 Å². The van der Waals surface area contributed by atoms with Crippen LogP contribution in [0.1, 0.15) is 16.7 Å². The van der Waals surface area contributed by atoms with E-state index < -0.39 is 5.54 Å². The minimum Gasteiger partial charge on any atom is -0.495 e. The van der Waals surface area contributed by atoms with Crippen LogP contribution < -0.4 is 15.2 Å². The van der Waals surface area contributed by atoms with Crippen molar-refractivity contribution >= 4 is 6.02 Å². The standard InChI is InChI=1S/C23H21N3O3/c1-27-20-11-17(12-25-13-20)15-3-2-4-18(9-15)23(14-29-22(24)26-23)19-5-6-21-16(10-19)7-8-28-21/h2-6,9-13H,7-8,14H2,1H3,(H2,24,26). The lowest BCUT2D eigenvalue weighted by Gasteiger charge is -2.26. The second kappa shape index (κ2) is 6.81. The highest BCUT2D eigenvalue weighted by atomic mass is 16.5. The Labute approximate surface area is 169 Å². The Balaban J connectivity index is 1.63. The molecule has 0 saturated heterocycles. The maximum atomic E-state index is 5.96. The number of fused-ring (bicyclic) bond motifs is 1. The number of methoxy groups -OCH3 is 1. The van der Waals surface area contributed by atoms with Crippen molar-refractivity contribution in [1.82, 2.24) is 4.98 Å². The van der Waals surface area contributed by atoms with Gasteiger partial charge in [0.05, 0.1) is 19.9 Å². The van der Waals surface area contributed by atoms with Crippen molar-refractivity contribution in [2.75, 3.05) is 20.3 Å². The van der Waals surface area contributed by atoms with E-state index in [2.05, 4.69) is 29.2 Å². The van der Waals surface area contributed by atoms with E-state index in [9.17, 15) is 0 Å². The zero-order chi connectivity index (χ0) is 19.8. The van der Waals surface area contributed by atoms with Crippen LogP contribution in [0, 0.1) is 0 Å². The van der Waals surface area contributed by atoms with Gasteiger partial charge in [-0.25, -0.2) is 4.99 Å². The second-order valence-electron chi connectivity index (χ2n) is 7.21. The molecular weight excluding hydrogens is 366 g/mol. The van der Waals surface area contributed by atoms with E-state index in [1.165, 1.54) is 5.56 Å². The summed E-state index contributed by atoms with van der Waals surface area (Å²) in [7, 11) is 1.64. The predicted molar refractivity (Wildman–Crippen MR) is 110 cm³/mol. The molecule has 2 N–H and O–H groups in total. The van der Waals surface area contributed by atoms with Gasteiger partial charge in [-0.2, -0.15) is 0 Å². The highest BCUT2D eigenvalue weighted by Gasteiger charge is 2.40. The number of nitrogens with zero attached hydrogens (tertiary/aromatic N) is 2. The van der Waals surface area contributed by atoms with Crippen LogP contribution in [0.4, 0.5) is 0 Å². The smallest absolute Gasteiger partial charge is 0.283 e. The molecule has 5 rings (SSSR count). The van der Waals surface area contributed by atoms with Crippen LogP contribution in [0.15, 0.2) is 65.9 Å². The summed E-state index contributed by atoms with van der Waals surface area (Å²) in [6.07, 6.45) is 4.41. The van der Waals surface area contributed by atoms with Crippen molar-refractivity contribution in [1.29, 1.82) is 0 Å². The van der Waals surface area contributed by atoms with Crippen molar-refractivity contribution < 1.29 is 14.2 Å². The van der Waals surface area contributed by atoms with Gasteiger partial charge in [-0.05, 0) is 46.5 Å². The van der Waals surface area contributed by atoms with Crippen LogP contribution in [-0.4, -0.2) is 31.3 Å². The third-order valence-corrected chi connectivity index (χ3v) is 5.52. The monoisotopic (exact) mass is 387 g/mol. The third-order valence-electron chi connectivity index (χ3n) is 5.52. The molecule has 0 saturated carbocycles. The lowest BCUT2D eigenvalue weighted by atomic mass is 9.82. The van der Waals surface area contributed by atoms with Crippen molar-refractivity contribution in [2.45, 2.75) is 12.0 Å². The molecule has 6 nitrogen and oxygen atoms in total. The summed E-state index contributed by atoms with van der Waals surface area (Å²) in [6, 6.07) is 16.6. The van der Waals surface area contributed by atoms with Crippen LogP contribution in [0.25, 0.3) is 11.1 Å². The van der Waals surface area contributed by atoms with E-state index in [-0.39, 0.29) is 6.02 Å². The average Bonchev–Trinajstić information content (AvgIpc) is 3.40. The molecule has 6 heteroatoms. The first-order valence-corrected chi connectivity index (χ1v) is 9.52. The summed E-state index contributed by atoms with van der Waals surface area (Å²) < 4.78 is 16.6. The third kappa shape index (κ3) is 2.97. The second-order valence-corrected chi connectivity index (χ2v) is 7.21.